The highest BCUT2D eigenvalue weighted by molar-refractivity contribution is 6.11. The Morgan fingerprint density at radius 3 is 1.34 bits per heavy atom. The Kier molecular flexibility index (Phi) is 12.2. The number of rotatable bonds is 17. The van der Waals surface area contributed by atoms with Crippen LogP contribution in [0.25, 0.3) is 43.1 Å². The van der Waals surface area contributed by atoms with Gasteiger partial charge < -0.3 is 28.4 Å². The number of aryl methyl sites for hydroxylation is 1. The van der Waals surface area contributed by atoms with Gasteiger partial charge in [-0.2, -0.15) is 0 Å². The van der Waals surface area contributed by atoms with Crippen molar-refractivity contribution in [2.45, 2.75) is 52.2 Å². The van der Waals surface area contributed by atoms with Crippen molar-refractivity contribution in [3.05, 3.63) is 133 Å². The summed E-state index contributed by atoms with van der Waals surface area (Å²) in [5.74, 6) is 2.02. The highest BCUT2D eigenvalue weighted by atomic mass is 16.6. The van der Waals surface area contributed by atoms with Crippen molar-refractivity contribution in [2.75, 3.05) is 26.4 Å². The molecule has 0 aliphatic carbocycles. The second kappa shape index (κ2) is 17.9. The van der Waals surface area contributed by atoms with Crippen molar-refractivity contribution < 1.29 is 38.0 Å². The number of ether oxygens (including phenoxy) is 6. The summed E-state index contributed by atoms with van der Waals surface area (Å²) in [4.78, 5) is 25.2. The molecule has 0 spiro atoms. The molecule has 7 aromatic rings. The van der Waals surface area contributed by atoms with E-state index in [9.17, 15) is 9.59 Å². The monoisotopic (exact) mass is 750 g/mol. The van der Waals surface area contributed by atoms with Crippen LogP contribution in [0.2, 0.25) is 0 Å². The molecule has 0 aliphatic heterocycles. The molecule has 0 aliphatic rings. The van der Waals surface area contributed by atoms with Crippen LogP contribution in [0.3, 0.4) is 0 Å². The standard InChI is InChI=1S/C48H46O8/c1-4-32-25-26-41-42(27-32)48(54-31-36(56-46(50)6-3)29-52-44-24-14-18-34-16-8-10-20-38(34)44)40-22-12-11-21-39(40)47(41)53-30-35(55-45(49)5-2)28-51-43-23-13-17-33-15-7-9-19-37(33)43/h7-27,35-36H,4-6,28-31H2,1-3H3. The fourth-order valence-electron chi connectivity index (χ4n) is 6.81. The fraction of sp³-hybridized carbons (Fsp3) is 0.250. The van der Waals surface area contributed by atoms with E-state index in [1.165, 1.54) is 0 Å². The van der Waals surface area contributed by atoms with Crippen molar-refractivity contribution in [1.29, 1.82) is 0 Å². The second-order valence-electron chi connectivity index (χ2n) is 13.6. The predicted octanol–water partition coefficient (Wildman–Crippen LogP) is 10.4. The predicted molar refractivity (Wildman–Crippen MR) is 221 cm³/mol. The molecule has 0 bridgehead atoms. The smallest absolute Gasteiger partial charge is 0.306 e. The van der Waals surface area contributed by atoms with Crippen molar-refractivity contribution in [2.24, 2.45) is 0 Å². The maximum Gasteiger partial charge on any atom is 0.306 e. The topological polar surface area (TPSA) is 89.5 Å². The first-order chi connectivity index (χ1) is 27.4. The lowest BCUT2D eigenvalue weighted by Gasteiger charge is -2.23. The van der Waals surface area contributed by atoms with Gasteiger partial charge in [0.05, 0.1) is 0 Å². The van der Waals surface area contributed by atoms with Gasteiger partial charge in [0.2, 0.25) is 0 Å². The molecule has 2 atom stereocenters. The average Bonchev–Trinajstić information content (AvgIpc) is 3.25. The first kappa shape index (κ1) is 38.0. The Hall–Kier alpha value is -6.28. The zero-order valence-electron chi connectivity index (χ0n) is 32.0. The summed E-state index contributed by atoms with van der Waals surface area (Å²) in [6.45, 7) is 5.97. The number of carbonyl (C=O) groups excluding carboxylic acids is 2. The molecule has 2 unspecified atom stereocenters. The van der Waals surface area contributed by atoms with Crippen molar-refractivity contribution >= 4 is 55.0 Å². The molecule has 0 saturated heterocycles. The van der Waals surface area contributed by atoms with Gasteiger partial charge in [-0.05, 0) is 41.0 Å². The summed E-state index contributed by atoms with van der Waals surface area (Å²) in [6.07, 6.45) is -0.101. The first-order valence-corrected chi connectivity index (χ1v) is 19.3. The third kappa shape index (κ3) is 8.65. The molecule has 0 N–H and O–H groups in total. The molecule has 0 radical (unpaired) electrons. The molecule has 56 heavy (non-hydrogen) atoms. The van der Waals surface area contributed by atoms with E-state index in [4.69, 9.17) is 28.4 Å². The highest BCUT2D eigenvalue weighted by Gasteiger charge is 2.23. The Labute approximate surface area is 326 Å². The van der Waals surface area contributed by atoms with Gasteiger partial charge in [0, 0.05) is 45.2 Å². The molecular weight excluding hydrogens is 705 g/mol. The SMILES string of the molecule is CCC(=O)OC(COc1cccc2ccccc12)COc1c2ccccc2c(OCC(COc2cccc3ccccc23)OC(=O)CC)c2cc(CC)ccc12. The maximum atomic E-state index is 12.6. The van der Waals surface area contributed by atoms with E-state index in [2.05, 4.69) is 19.1 Å². The summed E-state index contributed by atoms with van der Waals surface area (Å²) in [6, 6.07) is 41.9. The van der Waals surface area contributed by atoms with Crippen LogP contribution in [0, 0.1) is 0 Å². The highest BCUT2D eigenvalue weighted by Crippen LogP contribution is 2.43. The lowest BCUT2D eigenvalue weighted by Crippen LogP contribution is -2.31. The summed E-state index contributed by atoms with van der Waals surface area (Å²) < 4.78 is 37.6. The quantitative estimate of drug-likeness (QED) is 0.0671. The van der Waals surface area contributed by atoms with E-state index >= 15 is 0 Å². The Morgan fingerprint density at radius 1 is 0.446 bits per heavy atom. The summed E-state index contributed by atoms with van der Waals surface area (Å²) in [5.41, 5.74) is 1.12. The normalized spacial score (nSPS) is 12.3. The second-order valence-corrected chi connectivity index (χ2v) is 13.6. The molecule has 8 nitrogen and oxygen atoms in total. The minimum Gasteiger partial charge on any atom is -0.489 e. The first-order valence-electron chi connectivity index (χ1n) is 19.3. The molecule has 0 saturated carbocycles. The summed E-state index contributed by atoms with van der Waals surface area (Å²) in [5, 5.41) is 7.40. The number of fused-ring (bicyclic) bond motifs is 4. The minimum atomic E-state index is -0.684. The van der Waals surface area contributed by atoms with Crippen molar-refractivity contribution in [3.8, 4) is 23.0 Å². The molecule has 0 amide bonds. The zero-order valence-corrected chi connectivity index (χ0v) is 32.0. The molecule has 8 heteroatoms. The van der Waals surface area contributed by atoms with Crippen LogP contribution in [-0.4, -0.2) is 50.6 Å². The van der Waals surface area contributed by atoms with Crippen LogP contribution in [-0.2, 0) is 25.5 Å². The molecule has 0 fully saturated rings. The molecule has 286 valence electrons. The van der Waals surface area contributed by atoms with Gasteiger partial charge in [0.1, 0.15) is 49.4 Å². The third-order valence-electron chi connectivity index (χ3n) is 9.75. The lowest BCUT2D eigenvalue weighted by molar-refractivity contribution is -0.152. The van der Waals surface area contributed by atoms with Crippen molar-refractivity contribution in [3.63, 3.8) is 0 Å². The number of carbonyl (C=O) groups is 2. The Morgan fingerprint density at radius 2 is 0.857 bits per heavy atom. The number of esters is 2. The maximum absolute atomic E-state index is 12.6. The van der Waals surface area contributed by atoms with E-state index in [0.29, 0.717) is 23.0 Å². The molecule has 0 aromatic heterocycles. The van der Waals surface area contributed by atoms with Gasteiger partial charge in [0.15, 0.2) is 12.2 Å². The molecule has 7 aromatic carbocycles. The van der Waals surface area contributed by atoms with Gasteiger partial charge in [-0.3, -0.25) is 9.59 Å². The van der Waals surface area contributed by atoms with Gasteiger partial charge >= 0.3 is 11.9 Å². The number of hydrogen-bond donors (Lipinski definition) is 0. The van der Waals surface area contributed by atoms with Gasteiger partial charge in [-0.1, -0.05) is 130 Å². The lowest BCUT2D eigenvalue weighted by atomic mass is 9.98. The number of hydrogen-bond acceptors (Lipinski definition) is 8. The van der Waals surface area contributed by atoms with E-state index < -0.39 is 12.2 Å². The van der Waals surface area contributed by atoms with Crippen LogP contribution >= 0.6 is 0 Å². The Bertz CT molecular complexity index is 2460. The van der Waals surface area contributed by atoms with Crippen LogP contribution in [0.15, 0.2) is 127 Å². The van der Waals surface area contributed by atoms with Crippen LogP contribution < -0.4 is 18.9 Å². The summed E-state index contributed by atoms with van der Waals surface area (Å²) in [7, 11) is 0. The summed E-state index contributed by atoms with van der Waals surface area (Å²) >= 11 is 0. The van der Waals surface area contributed by atoms with Gasteiger partial charge in [0.25, 0.3) is 0 Å². The Balaban J connectivity index is 1.18. The van der Waals surface area contributed by atoms with Crippen LogP contribution in [0.4, 0.5) is 0 Å². The third-order valence-corrected chi connectivity index (χ3v) is 9.75. The zero-order chi connectivity index (χ0) is 38.9. The van der Waals surface area contributed by atoms with E-state index in [1.54, 1.807) is 13.8 Å². The molecular formula is C48H46O8. The minimum absolute atomic E-state index is 0.0614. The van der Waals surface area contributed by atoms with Gasteiger partial charge in [-0.15, -0.1) is 0 Å². The van der Waals surface area contributed by atoms with Crippen molar-refractivity contribution in [1.82, 2.24) is 0 Å². The number of benzene rings is 7. The van der Waals surface area contributed by atoms with Crippen LogP contribution in [0.1, 0.15) is 39.2 Å². The molecule has 0 heterocycles. The van der Waals surface area contributed by atoms with Crippen LogP contribution in [0.5, 0.6) is 23.0 Å². The van der Waals surface area contributed by atoms with E-state index in [1.807, 2.05) is 115 Å². The average molecular weight is 751 g/mol. The van der Waals surface area contributed by atoms with E-state index in [-0.39, 0.29) is 51.2 Å². The van der Waals surface area contributed by atoms with Gasteiger partial charge in [-0.25, -0.2) is 0 Å². The molecule has 7 rings (SSSR count). The largest absolute Gasteiger partial charge is 0.489 e. The van der Waals surface area contributed by atoms with E-state index in [0.717, 1.165) is 55.1 Å². The fourth-order valence-corrected chi connectivity index (χ4v) is 6.81.